The highest BCUT2D eigenvalue weighted by Crippen LogP contribution is 2.23. The number of halogens is 2. The van der Waals surface area contributed by atoms with Crippen LogP contribution >= 0.6 is 27.3 Å². The topological polar surface area (TPSA) is 9.23 Å². The first kappa shape index (κ1) is 11.6. The summed E-state index contributed by atoms with van der Waals surface area (Å²) in [4.78, 5) is 1.11. The molecule has 2 rings (SSSR count). The summed E-state index contributed by atoms with van der Waals surface area (Å²) in [6.45, 7) is 2.37. The van der Waals surface area contributed by atoms with Gasteiger partial charge in [0.2, 0.25) is 0 Å². The van der Waals surface area contributed by atoms with Gasteiger partial charge in [-0.2, -0.15) is 0 Å². The fourth-order valence-electron chi connectivity index (χ4n) is 1.31. The van der Waals surface area contributed by atoms with E-state index in [9.17, 15) is 4.39 Å². The van der Waals surface area contributed by atoms with Crippen molar-refractivity contribution in [2.24, 2.45) is 0 Å². The number of hydrogen-bond donors (Lipinski definition) is 0. The molecule has 0 unspecified atom stereocenters. The van der Waals surface area contributed by atoms with Crippen molar-refractivity contribution in [3.05, 3.63) is 50.4 Å². The van der Waals surface area contributed by atoms with Gasteiger partial charge in [-0.05, 0) is 40.5 Å². The zero-order valence-electron chi connectivity index (χ0n) is 8.67. The Kier molecular flexibility index (Phi) is 3.61. The van der Waals surface area contributed by atoms with Gasteiger partial charge in [0.05, 0.1) is 0 Å². The van der Waals surface area contributed by atoms with Gasteiger partial charge in [-0.1, -0.05) is 6.07 Å². The number of benzene rings is 1. The zero-order chi connectivity index (χ0) is 11.5. The molecule has 84 valence electrons. The number of aryl methyl sites for hydroxylation is 1. The van der Waals surface area contributed by atoms with E-state index < -0.39 is 0 Å². The largest absolute Gasteiger partial charge is 0.488 e. The highest BCUT2D eigenvalue weighted by atomic mass is 79.9. The summed E-state index contributed by atoms with van der Waals surface area (Å²) in [6, 6.07) is 6.57. The van der Waals surface area contributed by atoms with Crippen LogP contribution in [0.1, 0.15) is 10.4 Å². The second kappa shape index (κ2) is 4.97. The second-order valence-corrected chi connectivity index (χ2v) is 5.34. The van der Waals surface area contributed by atoms with Crippen LogP contribution in [0.25, 0.3) is 0 Å². The lowest BCUT2D eigenvalue weighted by molar-refractivity contribution is 0.306. The summed E-state index contributed by atoms with van der Waals surface area (Å²) >= 11 is 4.99. The molecular weight excluding hydrogens is 291 g/mol. The maximum absolute atomic E-state index is 13.0. The first-order chi connectivity index (χ1) is 7.65. The first-order valence-corrected chi connectivity index (χ1v) is 6.44. The van der Waals surface area contributed by atoms with Crippen LogP contribution in [0.4, 0.5) is 4.39 Å². The third kappa shape index (κ3) is 2.83. The third-order valence-corrected chi connectivity index (χ3v) is 3.81. The van der Waals surface area contributed by atoms with Crippen molar-refractivity contribution in [3.63, 3.8) is 0 Å². The lowest BCUT2D eigenvalue weighted by atomic mass is 10.2. The molecule has 0 atom stereocenters. The average molecular weight is 301 g/mol. The maximum atomic E-state index is 13.0. The summed E-state index contributed by atoms with van der Waals surface area (Å²) in [5, 5.41) is 2.00. The summed E-state index contributed by atoms with van der Waals surface area (Å²) < 4.78 is 19.6. The van der Waals surface area contributed by atoms with Gasteiger partial charge in [0.1, 0.15) is 18.2 Å². The van der Waals surface area contributed by atoms with Gasteiger partial charge in [0, 0.05) is 20.8 Å². The van der Waals surface area contributed by atoms with E-state index in [1.807, 2.05) is 18.4 Å². The average Bonchev–Trinajstić information content (AvgIpc) is 2.66. The van der Waals surface area contributed by atoms with Crippen molar-refractivity contribution in [2.45, 2.75) is 13.5 Å². The quantitative estimate of drug-likeness (QED) is 0.809. The van der Waals surface area contributed by atoms with Crippen LogP contribution in [0.15, 0.2) is 34.1 Å². The van der Waals surface area contributed by atoms with Gasteiger partial charge >= 0.3 is 0 Å². The van der Waals surface area contributed by atoms with Gasteiger partial charge in [-0.25, -0.2) is 4.39 Å². The van der Waals surface area contributed by atoms with Crippen molar-refractivity contribution in [1.82, 2.24) is 0 Å². The normalized spacial score (nSPS) is 10.4. The van der Waals surface area contributed by atoms with Gasteiger partial charge < -0.3 is 4.74 Å². The lowest BCUT2D eigenvalue weighted by Gasteiger charge is -2.07. The molecule has 0 saturated heterocycles. The predicted octanol–water partition coefficient (Wildman–Crippen LogP) is 4.54. The number of thiophene rings is 1. The van der Waals surface area contributed by atoms with Crippen LogP contribution in [0.2, 0.25) is 0 Å². The molecule has 0 bridgehead atoms. The van der Waals surface area contributed by atoms with Crippen LogP contribution < -0.4 is 4.74 Å². The minimum atomic E-state index is -0.270. The van der Waals surface area contributed by atoms with Crippen molar-refractivity contribution < 1.29 is 9.13 Å². The molecule has 0 aliphatic heterocycles. The van der Waals surface area contributed by atoms with Crippen LogP contribution in [-0.4, -0.2) is 0 Å². The van der Waals surface area contributed by atoms with Gasteiger partial charge in [0.15, 0.2) is 0 Å². The number of rotatable bonds is 3. The standard InChI is InChI=1S/C12H10BrFOS/c1-8-2-3-10(14)5-12(8)15-6-11-4-9(13)7-16-11/h2-5,7H,6H2,1H3. The van der Waals surface area contributed by atoms with E-state index in [0.29, 0.717) is 12.4 Å². The van der Waals surface area contributed by atoms with E-state index in [0.717, 1.165) is 14.9 Å². The first-order valence-electron chi connectivity index (χ1n) is 4.77. The SMILES string of the molecule is Cc1ccc(F)cc1OCc1cc(Br)cs1. The second-order valence-electron chi connectivity index (χ2n) is 3.43. The summed E-state index contributed by atoms with van der Waals surface area (Å²) in [5.74, 6) is 0.331. The van der Waals surface area contributed by atoms with E-state index in [1.54, 1.807) is 17.4 Å². The van der Waals surface area contributed by atoms with E-state index in [2.05, 4.69) is 15.9 Å². The van der Waals surface area contributed by atoms with Crippen LogP contribution in [0.3, 0.4) is 0 Å². The Bertz CT molecular complexity index is 496. The van der Waals surface area contributed by atoms with Crippen LogP contribution in [-0.2, 0) is 6.61 Å². The molecule has 1 aromatic heterocycles. The minimum absolute atomic E-state index is 0.270. The Balaban J connectivity index is 2.07. The zero-order valence-corrected chi connectivity index (χ0v) is 11.1. The highest BCUT2D eigenvalue weighted by molar-refractivity contribution is 9.10. The molecule has 0 saturated carbocycles. The number of ether oxygens (including phenoxy) is 1. The fraction of sp³-hybridized carbons (Fsp3) is 0.167. The third-order valence-electron chi connectivity index (χ3n) is 2.14. The molecule has 0 fully saturated rings. The predicted molar refractivity (Wildman–Crippen MR) is 67.5 cm³/mol. The summed E-state index contributed by atoms with van der Waals surface area (Å²) in [7, 11) is 0. The summed E-state index contributed by atoms with van der Waals surface area (Å²) in [6.07, 6.45) is 0. The van der Waals surface area contributed by atoms with E-state index in [-0.39, 0.29) is 5.82 Å². The van der Waals surface area contributed by atoms with Gasteiger partial charge in [-0.3, -0.25) is 0 Å². The maximum Gasteiger partial charge on any atom is 0.126 e. The van der Waals surface area contributed by atoms with Crippen molar-refractivity contribution >= 4 is 27.3 Å². The van der Waals surface area contributed by atoms with Gasteiger partial charge in [-0.15, -0.1) is 11.3 Å². The van der Waals surface area contributed by atoms with Crippen LogP contribution in [0.5, 0.6) is 5.75 Å². The molecule has 0 radical (unpaired) electrons. The molecule has 0 spiro atoms. The Morgan fingerprint density at radius 3 is 2.88 bits per heavy atom. The van der Waals surface area contributed by atoms with Crippen molar-refractivity contribution in [1.29, 1.82) is 0 Å². The molecule has 0 aliphatic rings. The Morgan fingerprint density at radius 1 is 1.38 bits per heavy atom. The Labute approximate surface area is 106 Å². The molecule has 0 amide bonds. The highest BCUT2D eigenvalue weighted by Gasteiger charge is 2.03. The molecule has 1 nitrogen and oxygen atoms in total. The van der Waals surface area contributed by atoms with Gasteiger partial charge in [0.25, 0.3) is 0 Å². The molecule has 0 aliphatic carbocycles. The van der Waals surface area contributed by atoms with E-state index in [1.165, 1.54) is 12.1 Å². The molecular formula is C12H10BrFOS. The molecule has 2 aromatic rings. The minimum Gasteiger partial charge on any atom is -0.488 e. The summed E-state index contributed by atoms with van der Waals surface area (Å²) in [5.41, 5.74) is 0.942. The van der Waals surface area contributed by atoms with Crippen molar-refractivity contribution in [2.75, 3.05) is 0 Å². The Hall–Kier alpha value is -0.870. The molecule has 0 N–H and O–H groups in total. The van der Waals surface area contributed by atoms with E-state index in [4.69, 9.17) is 4.74 Å². The molecule has 1 aromatic carbocycles. The van der Waals surface area contributed by atoms with Crippen molar-refractivity contribution in [3.8, 4) is 5.75 Å². The fourth-order valence-corrected chi connectivity index (χ4v) is 2.67. The molecule has 1 heterocycles. The van der Waals surface area contributed by atoms with E-state index >= 15 is 0 Å². The molecule has 16 heavy (non-hydrogen) atoms. The number of hydrogen-bond acceptors (Lipinski definition) is 2. The smallest absolute Gasteiger partial charge is 0.126 e. The Morgan fingerprint density at radius 2 is 2.19 bits per heavy atom. The lowest BCUT2D eigenvalue weighted by Crippen LogP contribution is -1.95. The molecule has 4 heteroatoms. The monoisotopic (exact) mass is 300 g/mol. The van der Waals surface area contributed by atoms with Crippen LogP contribution in [0, 0.1) is 12.7 Å².